The molecule has 0 aliphatic carbocycles. The number of hydrogen-bond acceptors (Lipinski definition) is 5. The maximum Gasteiger partial charge on any atom is 0.511 e. The summed E-state index contributed by atoms with van der Waals surface area (Å²) >= 11 is 1.30. The number of nitrogens with one attached hydrogen (secondary N) is 1. The summed E-state index contributed by atoms with van der Waals surface area (Å²) in [6, 6.07) is 18.5. The molecule has 1 atom stereocenters. The van der Waals surface area contributed by atoms with Crippen LogP contribution in [0.4, 0.5) is 22.0 Å². The molecule has 1 aromatic heterocycles. The molecule has 1 N–H and O–H groups in total. The van der Waals surface area contributed by atoms with E-state index in [1.807, 2.05) is 36.4 Å². The summed E-state index contributed by atoms with van der Waals surface area (Å²) in [7, 11) is -5.43. The van der Waals surface area contributed by atoms with Gasteiger partial charge in [0.05, 0.1) is 16.5 Å². The predicted octanol–water partition coefficient (Wildman–Crippen LogP) is 6.84. The molecule has 0 saturated heterocycles. The Bertz CT molecular complexity index is 1710. The van der Waals surface area contributed by atoms with E-state index >= 15 is 0 Å². The average molecular weight is 593 g/mol. The summed E-state index contributed by atoms with van der Waals surface area (Å²) in [4.78, 5) is 4.37. The largest absolute Gasteiger partial charge is 0.511 e. The van der Waals surface area contributed by atoms with E-state index in [1.165, 1.54) is 11.8 Å². The van der Waals surface area contributed by atoms with Gasteiger partial charge in [0.15, 0.2) is 11.6 Å². The van der Waals surface area contributed by atoms with Crippen molar-refractivity contribution in [2.45, 2.75) is 17.4 Å². The summed E-state index contributed by atoms with van der Waals surface area (Å²) in [5, 5.41) is 0.128. The summed E-state index contributed by atoms with van der Waals surface area (Å²) < 4.78 is 95.6. The van der Waals surface area contributed by atoms with Crippen LogP contribution < -0.4 is 9.46 Å². The number of rotatable bonds is 7. The summed E-state index contributed by atoms with van der Waals surface area (Å²) in [6.07, 6.45) is 3.52. The molecule has 5 nitrogen and oxygen atoms in total. The fourth-order valence-corrected chi connectivity index (χ4v) is 6.17. The lowest BCUT2D eigenvalue weighted by atomic mass is 9.98. The zero-order valence-electron chi connectivity index (χ0n) is 20.6. The Morgan fingerprint density at radius 2 is 1.75 bits per heavy atom. The highest BCUT2D eigenvalue weighted by molar-refractivity contribution is 7.99. The summed E-state index contributed by atoms with van der Waals surface area (Å²) in [5.74, 6) is -1.26. The lowest BCUT2D eigenvalue weighted by molar-refractivity contribution is -0.0447. The van der Waals surface area contributed by atoms with E-state index in [1.54, 1.807) is 35.1 Å². The zero-order valence-corrected chi connectivity index (χ0v) is 22.2. The standard InChI is InChI=1S/C28H21F5N2O3S2/c29-23-14-18-7-9-20(35-25(18)15-24(23)30)8-5-17-6-10-26-22(13-17)27(21-4-2-1-3-19(21)16-38-26)39-12-11-34-40(36,37)28(31,32)33/h1-10,13-15,27,34H,11-12,16H2. The Kier molecular flexibility index (Phi) is 7.85. The first-order valence-electron chi connectivity index (χ1n) is 12.0. The number of alkyl halides is 3. The first-order chi connectivity index (χ1) is 19.0. The number of nitrogens with zero attached hydrogens (tertiary/aromatic N) is 1. The van der Waals surface area contributed by atoms with Crippen LogP contribution in [0.1, 0.15) is 33.2 Å². The molecular weight excluding hydrogens is 571 g/mol. The van der Waals surface area contributed by atoms with Crippen molar-refractivity contribution >= 4 is 44.8 Å². The second-order valence-corrected chi connectivity index (χ2v) is 11.9. The fraction of sp³-hybridized carbons (Fsp3) is 0.179. The number of ether oxygens (including phenoxy) is 1. The average Bonchev–Trinajstić information content (AvgIpc) is 3.06. The molecule has 4 aromatic rings. The SMILES string of the molecule is O=S(=O)(NCCSC1c2ccccc2COc2ccc(C=Cc3ccc4cc(F)c(F)cc4n3)cc21)C(F)(F)F. The van der Waals surface area contributed by atoms with Gasteiger partial charge in [0.1, 0.15) is 12.4 Å². The van der Waals surface area contributed by atoms with Crippen molar-refractivity contribution in [3.05, 3.63) is 106 Å². The number of sulfonamides is 1. The second kappa shape index (κ2) is 11.2. The van der Waals surface area contributed by atoms with Crippen LogP contribution in [0, 0.1) is 11.6 Å². The molecule has 3 aromatic carbocycles. The van der Waals surface area contributed by atoms with Crippen molar-refractivity contribution in [3.8, 4) is 5.75 Å². The van der Waals surface area contributed by atoms with E-state index in [0.717, 1.165) is 34.4 Å². The molecule has 208 valence electrons. The van der Waals surface area contributed by atoms with E-state index in [-0.39, 0.29) is 11.0 Å². The van der Waals surface area contributed by atoms with E-state index in [2.05, 4.69) is 4.98 Å². The normalized spacial score (nSPS) is 15.5. The Morgan fingerprint density at radius 1 is 0.975 bits per heavy atom. The van der Waals surface area contributed by atoms with Gasteiger partial charge < -0.3 is 4.74 Å². The third-order valence-corrected chi connectivity index (χ3v) is 8.69. The third kappa shape index (κ3) is 5.98. The van der Waals surface area contributed by atoms with Crippen molar-refractivity contribution in [2.75, 3.05) is 12.3 Å². The minimum absolute atomic E-state index is 0.0754. The number of halogens is 5. The smallest absolute Gasteiger partial charge is 0.489 e. The maximum absolute atomic E-state index is 13.7. The van der Waals surface area contributed by atoms with Crippen LogP contribution in [-0.2, 0) is 16.6 Å². The minimum atomic E-state index is -5.43. The topological polar surface area (TPSA) is 68.3 Å². The molecule has 1 aliphatic heterocycles. The third-order valence-electron chi connectivity index (χ3n) is 6.22. The van der Waals surface area contributed by atoms with Gasteiger partial charge in [-0.15, -0.1) is 11.8 Å². The van der Waals surface area contributed by atoms with Crippen LogP contribution in [0.3, 0.4) is 0 Å². The lowest BCUT2D eigenvalue weighted by Gasteiger charge is -2.19. The van der Waals surface area contributed by atoms with Crippen molar-refractivity contribution in [1.82, 2.24) is 9.71 Å². The van der Waals surface area contributed by atoms with E-state index in [4.69, 9.17) is 4.74 Å². The number of aromatic nitrogens is 1. The summed E-state index contributed by atoms with van der Waals surface area (Å²) in [5.41, 5.74) is -1.16. The molecule has 0 radical (unpaired) electrons. The minimum Gasteiger partial charge on any atom is -0.489 e. The first kappa shape index (κ1) is 28.1. The Labute approximate surface area is 231 Å². The first-order valence-corrected chi connectivity index (χ1v) is 14.5. The van der Waals surface area contributed by atoms with Crippen LogP contribution in [0.25, 0.3) is 23.1 Å². The molecule has 0 bridgehead atoms. The predicted molar refractivity (Wildman–Crippen MR) is 145 cm³/mol. The van der Waals surface area contributed by atoms with Crippen molar-refractivity contribution in [1.29, 1.82) is 0 Å². The van der Waals surface area contributed by atoms with E-state index < -0.39 is 33.7 Å². The highest BCUT2D eigenvalue weighted by Gasteiger charge is 2.45. The molecule has 0 spiro atoms. The molecule has 1 aliphatic rings. The molecule has 0 amide bonds. The van der Waals surface area contributed by atoms with Gasteiger partial charge >= 0.3 is 15.5 Å². The van der Waals surface area contributed by atoms with Crippen LogP contribution in [0.5, 0.6) is 5.75 Å². The molecule has 0 fully saturated rings. The monoisotopic (exact) mass is 592 g/mol. The van der Waals surface area contributed by atoms with Gasteiger partial charge in [-0.1, -0.05) is 42.5 Å². The number of thioether (sulfide) groups is 1. The van der Waals surface area contributed by atoms with Crippen LogP contribution in [0.2, 0.25) is 0 Å². The van der Waals surface area contributed by atoms with E-state index in [0.29, 0.717) is 29.0 Å². The molecular formula is C28H21F5N2O3S2. The number of fused-ring (bicyclic) bond motifs is 3. The van der Waals surface area contributed by atoms with E-state index in [9.17, 15) is 30.4 Å². The summed E-state index contributed by atoms with van der Waals surface area (Å²) in [6.45, 7) is -0.104. The van der Waals surface area contributed by atoms with Gasteiger partial charge in [0.25, 0.3) is 0 Å². The Morgan fingerprint density at radius 3 is 2.55 bits per heavy atom. The Hall–Kier alpha value is -3.48. The fourth-order valence-electron chi connectivity index (χ4n) is 4.27. The molecule has 12 heteroatoms. The van der Waals surface area contributed by atoms with Crippen LogP contribution in [-0.4, -0.2) is 31.2 Å². The lowest BCUT2D eigenvalue weighted by Crippen LogP contribution is -2.37. The van der Waals surface area contributed by atoms with Crippen molar-refractivity contribution < 1.29 is 35.1 Å². The molecule has 40 heavy (non-hydrogen) atoms. The molecule has 2 heterocycles. The van der Waals surface area contributed by atoms with Crippen molar-refractivity contribution in [3.63, 3.8) is 0 Å². The zero-order chi connectivity index (χ0) is 28.5. The van der Waals surface area contributed by atoms with Gasteiger partial charge in [-0.25, -0.2) is 26.9 Å². The Balaban J connectivity index is 1.41. The van der Waals surface area contributed by atoms with Gasteiger partial charge in [0, 0.05) is 29.3 Å². The van der Waals surface area contributed by atoms with Crippen molar-refractivity contribution in [2.24, 2.45) is 0 Å². The van der Waals surface area contributed by atoms with Gasteiger partial charge in [-0.2, -0.15) is 13.2 Å². The molecule has 0 saturated carbocycles. The van der Waals surface area contributed by atoms with Gasteiger partial charge in [-0.05, 0) is 47.0 Å². The molecule has 5 rings (SSSR count). The number of hydrogen-bond donors (Lipinski definition) is 1. The van der Waals surface area contributed by atoms with Crippen LogP contribution >= 0.6 is 11.8 Å². The number of benzene rings is 3. The van der Waals surface area contributed by atoms with Gasteiger partial charge in [-0.3, -0.25) is 0 Å². The molecule has 1 unspecified atom stereocenters. The van der Waals surface area contributed by atoms with Gasteiger partial charge in [0.2, 0.25) is 0 Å². The number of pyridine rings is 1. The second-order valence-electron chi connectivity index (χ2n) is 8.91. The highest BCUT2D eigenvalue weighted by atomic mass is 32.2. The maximum atomic E-state index is 13.7. The van der Waals surface area contributed by atoms with Crippen LogP contribution in [0.15, 0.2) is 66.7 Å². The quantitative estimate of drug-likeness (QED) is 0.188. The highest BCUT2D eigenvalue weighted by Crippen LogP contribution is 2.44.